The van der Waals surface area contributed by atoms with E-state index in [1.54, 1.807) is 44.2 Å². The standard InChI is InChI=1S/C31H37N3O12/c1-30(2)15-41-28(39)26(30)45-21(37)8-7-17-3-5-18(6-4-17)14-34-24-27(38)44-19-13-31(24,25(46-34)23-22(19)42-16-43-23)29(40)33-10-9-20(36)32-11-12-35/h3-8,19,22-26,35H,9-16H2,1-2H3,(H,32,36)(H,33,40). The van der Waals surface area contributed by atoms with E-state index in [1.807, 2.05) is 0 Å². The number of hydrogen-bond acceptors (Lipinski definition) is 13. The quantitative estimate of drug-likeness (QED) is 0.157. The van der Waals surface area contributed by atoms with E-state index in [4.69, 9.17) is 33.6 Å². The van der Waals surface area contributed by atoms with Crippen molar-refractivity contribution < 1.29 is 57.6 Å². The van der Waals surface area contributed by atoms with Gasteiger partial charge in [0.15, 0.2) is 6.04 Å². The van der Waals surface area contributed by atoms with Crippen molar-refractivity contribution >= 4 is 35.8 Å². The fourth-order valence-electron chi connectivity index (χ4n) is 6.74. The molecule has 4 aliphatic heterocycles. The van der Waals surface area contributed by atoms with Gasteiger partial charge < -0.3 is 39.4 Å². The number of fused-ring (bicyclic) bond motifs is 4. The number of esters is 3. The van der Waals surface area contributed by atoms with Crippen LogP contribution in [0.15, 0.2) is 30.3 Å². The first-order valence-corrected chi connectivity index (χ1v) is 15.2. The number of aliphatic hydroxyl groups excluding tert-OH is 1. The van der Waals surface area contributed by atoms with E-state index < -0.39 is 71.2 Å². The first-order valence-electron chi connectivity index (χ1n) is 15.2. The van der Waals surface area contributed by atoms with Gasteiger partial charge in [0.1, 0.15) is 43.2 Å². The lowest BCUT2D eigenvalue weighted by molar-refractivity contribution is -0.201. The molecule has 7 unspecified atom stereocenters. The van der Waals surface area contributed by atoms with E-state index in [1.165, 1.54) is 11.1 Å². The highest BCUT2D eigenvalue weighted by Gasteiger charge is 2.74. The zero-order valence-electron chi connectivity index (χ0n) is 25.5. The molecule has 1 saturated carbocycles. The lowest BCUT2D eigenvalue weighted by atomic mass is 9.62. The monoisotopic (exact) mass is 643 g/mol. The van der Waals surface area contributed by atoms with Crippen molar-refractivity contribution in [3.63, 3.8) is 0 Å². The highest BCUT2D eigenvalue weighted by molar-refractivity contribution is 5.94. The van der Waals surface area contributed by atoms with Gasteiger partial charge in [0.25, 0.3) is 0 Å². The third-order valence-corrected chi connectivity index (χ3v) is 9.04. The van der Waals surface area contributed by atoms with Gasteiger partial charge in [0.05, 0.1) is 13.2 Å². The van der Waals surface area contributed by atoms with E-state index >= 15 is 0 Å². The van der Waals surface area contributed by atoms with Crippen molar-refractivity contribution in [3.05, 3.63) is 41.5 Å². The van der Waals surface area contributed by atoms with Crippen LogP contribution in [0, 0.1) is 10.8 Å². The minimum Gasteiger partial charge on any atom is -0.462 e. The Labute approximate surface area is 264 Å². The van der Waals surface area contributed by atoms with E-state index in [9.17, 15) is 24.0 Å². The normalized spacial score (nSPS) is 32.5. The number of cyclic esters (lactones) is 1. The molecule has 1 aromatic carbocycles. The number of nitrogens with zero attached hydrogens (tertiary/aromatic N) is 1. The van der Waals surface area contributed by atoms with E-state index in [0.29, 0.717) is 5.56 Å². The number of nitrogens with one attached hydrogen (secondary N) is 2. The van der Waals surface area contributed by atoms with Crippen molar-refractivity contribution in [2.45, 2.75) is 69.8 Å². The molecule has 4 heterocycles. The number of carbonyl (C=O) groups excluding carboxylic acids is 5. The summed E-state index contributed by atoms with van der Waals surface area (Å²) < 4.78 is 27.6. The van der Waals surface area contributed by atoms with Crippen LogP contribution in [0.1, 0.15) is 37.8 Å². The first kappa shape index (κ1) is 32.1. The fraction of sp³-hybridized carbons (Fsp3) is 0.581. The summed E-state index contributed by atoms with van der Waals surface area (Å²) in [5.74, 6) is -2.63. The second kappa shape index (κ2) is 12.7. The molecule has 248 valence electrons. The maximum Gasteiger partial charge on any atom is 0.348 e. The SMILES string of the molecule is CC1(C)COC(=O)C1OC(=O)C=Cc1ccc(CN2OC3C4OCOC4C4CC3(C(=O)NCCC(=O)NCCO)C2C(=O)O4)cc1. The molecular formula is C31H37N3O12. The molecule has 6 rings (SSSR count). The Bertz CT molecular complexity index is 1410. The number of hydrogen-bond donors (Lipinski definition) is 3. The Morgan fingerprint density at radius 2 is 1.83 bits per heavy atom. The topological polar surface area (TPSA) is 188 Å². The molecule has 4 saturated heterocycles. The smallest absolute Gasteiger partial charge is 0.348 e. The molecule has 0 aromatic heterocycles. The number of rotatable bonds is 11. The second-order valence-electron chi connectivity index (χ2n) is 12.7. The number of benzene rings is 1. The first-order chi connectivity index (χ1) is 22.0. The molecule has 15 heteroatoms. The van der Waals surface area contributed by atoms with Gasteiger partial charge >= 0.3 is 17.9 Å². The van der Waals surface area contributed by atoms with Crippen LogP contribution in [-0.4, -0.2) is 110 Å². The van der Waals surface area contributed by atoms with Crippen LogP contribution < -0.4 is 10.6 Å². The largest absolute Gasteiger partial charge is 0.462 e. The molecule has 1 aromatic rings. The summed E-state index contributed by atoms with van der Waals surface area (Å²) in [5.41, 5.74) is -0.528. The van der Waals surface area contributed by atoms with E-state index in [-0.39, 0.29) is 58.4 Å². The molecule has 1 aliphatic carbocycles. The molecule has 46 heavy (non-hydrogen) atoms. The highest BCUT2D eigenvalue weighted by Crippen LogP contribution is 2.55. The summed E-state index contributed by atoms with van der Waals surface area (Å²) in [4.78, 5) is 70.0. The molecule has 2 bridgehead atoms. The second-order valence-corrected chi connectivity index (χ2v) is 12.7. The summed E-state index contributed by atoms with van der Waals surface area (Å²) >= 11 is 0. The van der Waals surface area contributed by atoms with Crippen LogP contribution in [0.2, 0.25) is 0 Å². The van der Waals surface area contributed by atoms with Crippen molar-refractivity contribution in [2.75, 3.05) is 33.1 Å². The zero-order valence-corrected chi connectivity index (χ0v) is 25.5. The molecule has 15 nitrogen and oxygen atoms in total. The highest BCUT2D eigenvalue weighted by atomic mass is 16.8. The van der Waals surface area contributed by atoms with Crippen LogP contribution in [-0.2, 0) is 59.0 Å². The van der Waals surface area contributed by atoms with E-state index in [2.05, 4.69) is 10.6 Å². The summed E-state index contributed by atoms with van der Waals surface area (Å²) in [6, 6.07) is 6.03. The number of hydroxylamine groups is 2. The Morgan fingerprint density at radius 3 is 2.54 bits per heavy atom. The Balaban J connectivity index is 1.14. The minimum absolute atomic E-state index is 0.00904. The maximum absolute atomic E-state index is 13.9. The summed E-state index contributed by atoms with van der Waals surface area (Å²) in [7, 11) is 0. The number of ether oxygens (including phenoxy) is 5. The lowest BCUT2D eigenvalue weighted by Gasteiger charge is -2.48. The van der Waals surface area contributed by atoms with Gasteiger partial charge in [-0.3, -0.25) is 19.2 Å². The number of aliphatic hydroxyl groups is 1. The van der Waals surface area contributed by atoms with Gasteiger partial charge in [-0.15, -0.1) is 0 Å². The number of carbonyl (C=O) groups is 5. The molecule has 0 radical (unpaired) electrons. The van der Waals surface area contributed by atoms with Crippen LogP contribution in [0.4, 0.5) is 0 Å². The maximum atomic E-state index is 13.9. The van der Waals surface area contributed by atoms with Gasteiger partial charge in [-0.1, -0.05) is 38.1 Å². The fourth-order valence-corrected chi connectivity index (χ4v) is 6.74. The predicted molar refractivity (Wildman–Crippen MR) is 154 cm³/mol. The van der Waals surface area contributed by atoms with Crippen molar-refractivity contribution in [2.24, 2.45) is 10.8 Å². The van der Waals surface area contributed by atoms with Crippen molar-refractivity contribution in [1.82, 2.24) is 15.7 Å². The molecule has 5 fully saturated rings. The van der Waals surface area contributed by atoms with E-state index in [0.717, 1.165) is 5.56 Å². The Kier molecular flexibility index (Phi) is 8.87. The summed E-state index contributed by atoms with van der Waals surface area (Å²) in [6.07, 6.45) is -0.803. The molecule has 5 aliphatic rings. The zero-order chi connectivity index (χ0) is 32.6. The summed E-state index contributed by atoms with van der Waals surface area (Å²) in [6.45, 7) is 3.78. The lowest BCUT2D eigenvalue weighted by Crippen LogP contribution is -2.69. The third-order valence-electron chi connectivity index (χ3n) is 9.04. The third kappa shape index (κ3) is 5.88. The Morgan fingerprint density at radius 1 is 1.07 bits per heavy atom. The van der Waals surface area contributed by atoms with Gasteiger partial charge in [-0.2, -0.15) is 5.06 Å². The van der Waals surface area contributed by atoms with Gasteiger partial charge in [-0.05, 0) is 17.2 Å². The van der Waals surface area contributed by atoms with Gasteiger partial charge in [0.2, 0.25) is 17.9 Å². The Hall–Kier alpha value is -3.89. The van der Waals surface area contributed by atoms with Crippen LogP contribution in [0.25, 0.3) is 6.08 Å². The molecular weight excluding hydrogens is 606 g/mol. The van der Waals surface area contributed by atoms with Crippen molar-refractivity contribution in [3.8, 4) is 0 Å². The number of amides is 2. The van der Waals surface area contributed by atoms with Crippen LogP contribution in [0.5, 0.6) is 0 Å². The minimum atomic E-state index is -1.35. The predicted octanol–water partition coefficient (Wildman–Crippen LogP) is -0.649. The average Bonchev–Trinajstić information content (AvgIpc) is 3.72. The molecule has 2 amide bonds. The summed E-state index contributed by atoms with van der Waals surface area (Å²) in [5, 5.41) is 15.7. The molecule has 7 atom stereocenters. The van der Waals surface area contributed by atoms with Crippen molar-refractivity contribution in [1.29, 1.82) is 0 Å². The average molecular weight is 644 g/mol. The van der Waals surface area contributed by atoms with Gasteiger partial charge in [0, 0.05) is 37.4 Å². The molecule has 0 spiro atoms. The van der Waals surface area contributed by atoms with Crippen LogP contribution >= 0.6 is 0 Å². The van der Waals surface area contributed by atoms with Gasteiger partial charge in [-0.25, -0.2) is 9.59 Å². The molecule has 3 N–H and O–H groups in total. The van der Waals surface area contributed by atoms with Crippen LogP contribution in [0.3, 0.4) is 0 Å².